The van der Waals surface area contributed by atoms with Gasteiger partial charge in [0.25, 0.3) is 0 Å². The Kier molecular flexibility index (Phi) is 7.00. The summed E-state index contributed by atoms with van der Waals surface area (Å²) >= 11 is 0. The van der Waals surface area contributed by atoms with Crippen LogP contribution in [0, 0.1) is 11.2 Å². The third kappa shape index (κ3) is 4.48. The number of nitrogens with one attached hydrogen (secondary N) is 1. The molecule has 0 saturated heterocycles. The molecule has 1 rings (SSSR count). The maximum absolute atomic E-state index is 13.1. The predicted molar refractivity (Wildman–Crippen MR) is 85.8 cm³/mol. The van der Waals surface area contributed by atoms with Gasteiger partial charge in [0.15, 0.2) is 0 Å². The SMILES string of the molecule is CCNCC(CC)(CC)CN(CC)c1ccc(F)cc1. The van der Waals surface area contributed by atoms with Gasteiger partial charge in [-0.15, -0.1) is 0 Å². The fourth-order valence-electron chi connectivity index (χ4n) is 2.61. The summed E-state index contributed by atoms with van der Waals surface area (Å²) in [5.74, 6) is -0.172. The van der Waals surface area contributed by atoms with Crippen LogP contribution in [0.3, 0.4) is 0 Å². The van der Waals surface area contributed by atoms with Gasteiger partial charge in [-0.1, -0.05) is 20.8 Å². The van der Waals surface area contributed by atoms with E-state index in [-0.39, 0.29) is 11.2 Å². The van der Waals surface area contributed by atoms with E-state index in [1.807, 2.05) is 12.1 Å². The largest absolute Gasteiger partial charge is 0.371 e. The fraction of sp³-hybridized carbons (Fsp3) is 0.647. The van der Waals surface area contributed by atoms with Crippen LogP contribution in [-0.4, -0.2) is 26.2 Å². The van der Waals surface area contributed by atoms with E-state index in [4.69, 9.17) is 0 Å². The lowest BCUT2D eigenvalue weighted by Crippen LogP contribution is -2.43. The smallest absolute Gasteiger partial charge is 0.123 e. The van der Waals surface area contributed by atoms with Gasteiger partial charge in [0, 0.05) is 25.3 Å². The van der Waals surface area contributed by atoms with Gasteiger partial charge in [-0.2, -0.15) is 0 Å². The van der Waals surface area contributed by atoms with Gasteiger partial charge in [0.2, 0.25) is 0 Å². The van der Waals surface area contributed by atoms with E-state index in [9.17, 15) is 4.39 Å². The first kappa shape index (κ1) is 17.0. The van der Waals surface area contributed by atoms with Crippen molar-refractivity contribution in [2.24, 2.45) is 5.41 Å². The normalized spacial score (nSPS) is 11.7. The molecule has 3 heteroatoms. The minimum absolute atomic E-state index is 0.172. The van der Waals surface area contributed by atoms with Crippen molar-refractivity contribution >= 4 is 5.69 Å². The molecule has 0 spiro atoms. The zero-order valence-corrected chi connectivity index (χ0v) is 13.4. The zero-order valence-electron chi connectivity index (χ0n) is 13.4. The Labute approximate surface area is 123 Å². The van der Waals surface area contributed by atoms with Gasteiger partial charge < -0.3 is 10.2 Å². The Morgan fingerprint density at radius 2 is 1.65 bits per heavy atom. The summed E-state index contributed by atoms with van der Waals surface area (Å²) in [6.45, 7) is 12.8. The third-order valence-corrected chi connectivity index (χ3v) is 4.35. The van der Waals surface area contributed by atoms with Gasteiger partial charge in [0.1, 0.15) is 5.82 Å². The average molecular weight is 280 g/mol. The first-order valence-corrected chi connectivity index (χ1v) is 7.82. The molecule has 0 amide bonds. The highest BCUT2D eigenvalue weighted by atomic mass is 19.1. The van der Waals surface area contributed by atoms with E-state index in [0.29, 0.717) is 0 Å². The fourth-order valence-corrected chi connectivity index (χ4v) is 2.61. The van der Waals surface area contributed by atoms with Crippen LogP contribution in [0.2, 0.25) is 0 Å². The number of hydrogen-bond donors (Lipinski definition) is 1. The van der Waals surface area contributed by atoms with Gasteiger partial charge in [0.05, 0.1) is 0 Å². The second-order valence-corrected chi connectivity index (χ2v) is 5.48. The van der Waals surface area contributed by atoms with Crippen molar-refractivity contribution in [1.29, 1.82) is 0 Å². The highest BCUT2D eigenvalue weighted by Gasteiger charge is 2.28. The lowest BCUT2D eigenvalue weighted by Gasteiger charge is -2.38. The molecule has 0 aliphatic rings. The Hall–Kier alpha value is -1.09. The Morgan fingerprint density at radius 1 is 1.05 bits per heavy atom. The maximum Gasteiger partial charge on any atom is 0.123 e. The molecule has 1 aromatic rings. The summed E-state index contributed by atoms with van der Waals surface area (Å²) in [6, 6.07) is 6.84. The van der Waals surface area contributed by atoms with Crippen LogP contribution in [0.1, 0.15) is 40.5 Å². The van der Waals surface area contributed by atoms with E-state index >= 15 is 0 Å². The number of hydrogen-bond acceptors (Lipinski definition) is 2. The van der Waals surface area contributed by atoms with E-state index < -0.39 is 0 Å². The molecule has 0 aromatic heterocycles. The van der Waals surface area contributed by atoms with Gasteiger partial charge in [-0.25, -0.2) is 4.39 Å². The highest BCUT2D eigenvalue weighted by molar-refractivity contribution is 5.46. The number of halogens is 1. The van der Waals surface area contributed by atoms with Crippen LogP contribution < -0.4 is 10.2 Å². The van der Waals surface area contributed by atoms with Crippen molar-refractivity contribution in [3.63, 3.8) is 0 Å². The number of anilines is 1. The second kappa shape index (κ2) is 8.25. The zero-order chi connectivity index (χ0) is 15.0. The summed E-state index contributed by atoms with van der Waals surface area (Å²) in [5.41, 5.74) is 1.39. The lowest BCUT2D eigenvalue weighted by molar-refractivity contribution is 0.255. The third-order valence-electron chi connectivity index (χ3n) is 4.35. The molecule has 114 valence electrons. The molecular formula is C17H29FN2. The minimum atomic E-state index is -0.172. The van der Waals surface area contributed by atoms with Gasteiger partial charge >= 0.3 is 0 Å². The van der Waals surface area contributed by atoms with Crippen LogP contribution in [0.15, 0.2) is 24.3 Å². The molecule has 0 aliphatic carbocycles. The molecule has 0 bridgehead atoms. The Balaban J connectivity index is 2.85. The molecule has 0 heterocycles. The van der Waals surface area contributed by atoms with Crippen molar-refractivity contribution in [1.82, 2.24) is 5.32 Å². The predicted octanol–water partition coefficient (Wildman–Crippen LogP) is 4.07. The molecule has 0 atom stereocenters. The summed E-state index contributed by atoms with van der Waals surface area (Å²) in [6.07, 6.45) is 2.29. The van der Waals surface area contributed by atoms with Crippen molar-refractivity contribution in [3.8, 4) is 0 Å². The molecule has 0 radical (unpaired) electrons. The van der Waals surface area contributed by atoms with Crippen LogP contribution in [-0.2, 0) is 0 Å². The highest BCUT2D eigenvalue weighted by Crippen LogP contribution is 2.29. The van der Waals surface area contributed by atoms with E-state index in [1.165, 1.54) is 0 Å². The molecule has 0 aliphatic heterocycles. The number of nitrogens with zero attached hydrogens (tertiary/aromatic N) is 1. The standard InChI is InChI=1S/C17H29FN2/c1-5-17(6-2,13-19-7-3)14-20(8-4)16-11-9-15(18)10-12-16/h9-12,19H,5-8,13-14H2,1-4H3. The average Bonchev–Trinajstić information content (AvgIpc) is 2.49. The Morgan fingerprint density at radius 3 is 2.10 bits per heavy atom. The first-order valence-electron chi connectivity index (χ1n) is 7.82. The van der Waals surface area contributed by atoms with Crippen LogP contribution in [0.4, 0.5) is 10.1 Å². The topological polar surface area (TPSA) is 15.3 Å². The second-order valence-electron chi connectivity index (χ2n) is 5.48. The number of rotatable bonds is 9. The van der Waals surface area contributed by atoms with Crippen molar-refractivity contribution < 1.29 is 4.39 Å². The lowest BCUT2D eigenvalue weighted by atomic mass is 9.81. The van der Waals surface area contributed by atoms with E-state index in [0.717, 1.165) is 44.7 Å². The molecular weight excluding hydrogens is 251 g/mol. The maximum atomic E-state index is 13.1. The molecule has 0 unspecified atom stereocenters. The molecule has 20 heavy (non-hydrogen) atoms. The van der Waals surface area contributed by atoms with Crippen LogP contribution in [0.25, 0.3) is 0 Å². The van der Waals surface area contributed by atoms with Crippen molar-refractivity contribution in [3.05, 3.63) is 30.1 Å². The summed E-state index contributed by atoms with van der Waals surface area (Å²) in [4.78, 5) is 2.35. The van der Waals surface area contributed by atoms with Gasteiger partial charge in [-0.3, -0.25) is 0 Å². The molecule has 1 N–H and O–H groups in total. The molecule has 1 aromatic carbocycles. The van der Waals surface area contributed by atoms with Gasteiger partial charge in [-0.05, 0) is 56.0 Å². The van der Waals surface area contributed by atoms with Crippen LogP contribution in [0.5, 0.6) is 0 Å². The summed E-state index contributed by atoms with van der Waals surface area (Å²) in [5, 5.41) is 3.49. The Bertz CT molecular complexity index is 371. The summed E-state index contributed by atoms with van der Waals surface area (Å²) < 4.78 is 13.1. The summed E-state index contributed by atoms with van der Waals surface area (Å²) in [7, 11) is 0. The van der Waals surface area contributed by atoms with E-state index in [2.05, 4.69) is 37.9 Å². The molecule has 0 saturated carbocycles. The van der Waals surface area contributed by atoms with Crippen molar-refractivity contribution in [2.75, 3.05) is 31.1 Å². The quantitative estimate of drug-likeness (QED) is 0.733. The first-order chi connectivity index (χ1) is 9.60. The van der Waals surface area contributed by atoms with Crippen molar-refractivity contribution in [2.45, 2.75) is 40.5 Å². The molecule has 0 fully saturated rings. The minimum Gasteiger partial charge on any atom is -0.371 e. The monoisotopic (exact) mass is 280 g/mol. The van der Waals surface area contributed by atoms with Crippen LogP contribution >= 0.6 is 0 Å². The molecule has 2 nitrogen and oxygen atoms in total. The van der Waals surface area contributed by atoms with E-state index in [1.54, 1.807) is 12.1 Å². The number of benzene rings is 1.